The highest BCUT2D eigenvalue weighted by Gasteiger charge is 2.41. The van der Waals surface area contributed by atoms with Crippen LogP contribution >= 0.6 is 0 Å². The molecule has 0 unspecified atom stereocenters. The van der Waals surface area contributed by atoms with Crippen LogP contribution < -0.4 is 10.6 Å². The maximum absolute atomic E-state index is 11.5. The molecule has 12 heavy (non-hydrogen) atoms. The highest BCUT2D eigenvalue weighted by Crippen LogP contribution is 2.25. The highest BCUT2D eigenvalue weighted by molar-refractivity contribution is 5.86. The van der Waals surface area contributed by atoms with E-state index >= 15 is 0 Å². The zero-order valence-electron chi connectivity index (χ0n) is 7.68. The molecule has 3 heteroatoms. The molecule has 1 heterocycles. The van der Waals surface area contributed by atoms with Crippen molar-refractivity contribution in [2.75, 3.05) is 0 Å². The molecule has 2 N–H and O–H groups in total. The molecule has 1 aliphatic carbocycles. The molecule has 0 bridgehead atoms. The van der Waals surface area contributed by atoms with Gasteiger partial charge in [-0.1, -0.05) is 0 Å². The summed E-state index contributed by atoms with van der Waals surface area (Å²) in [5.74, 6) is 0.144. The Balaban J connectivity index is 0.000000845. The van der Waals surface area contributed by atoms with E-state index < -0.39 is 0 Å². The van der Waals surface area contributed by atoms with Crippen molar-refractivity contribution < 1.29 is 7.65 Å². The van der Waals surface area contributed by atoms with Crippen LogP contribution in [-0.4, -0.2) is 23.5 Å². The van der Waals surface area contributed by atoms with E-state index in [1.54, 1.807) is 0 Å². The van der Waals surface area contributed by atoms with Crippen molar-refractivity contribution in [2.24, 2.45) is 0 Å². The van der Waals surface area contributed by atoms with Crippen LogP contribution in [0.1, 0.15) is 36.0 Å². The number of nitrogens with one attached hydrogen (secondary N) is 2. The number of carbonyl (C=O) groups is 1. The maximum atomic E-state index is 11.5. The van der Waals surface area contributed by atoms with Crippen LogP contribution in [0.4, 0.5) is 0 Å². The number of hydrogen-bond acceptors (Lipinski definition) is 2. The van der Waals surface area contributed by atoms with Gasteiger partial charge in [0.1, 0.15) is 0 Å². The lowest BCUT2D eigenvalue weighted by Crippen LogP contribution is -2.67. The molecule has 2 rings (SSSR count). The van der Waals surface area contributed by atoms with Gasteiger partial charge < -0.3 is 5.32 Å². The van der Waals surface area contributed by atoms with Crippen molar-refractivity contribution in [1.82, 2.24) is 10.6 Å². The Morgan fingerprint density at radius 1 is 1.42 bits per heavy atom. The summed E-state index contributed by atoms with van der Waals surface area (Å²) in [6.45, 7) is 3.88. The Labute approximate surface area is 75.9 Å². The quantitative estimate of drug-likeness (QED) is 0.570. The second-order valence-corrected chi connectivity index (χ2v) is 4.39. The summed E-state index contributed by atoms with van der Waals surface area (Å²) < 4.78 is 0. The fourth-order valence-electron chi connectivity index (χ4n) is 2.18. The average Bonchev–Trinajstić information content (AvgIpc) is 2.35. The molecule has 0 aromatic rings. The highest BCUT2D eigenvalue weighted by atomic mass is 16.2. The lowest BCUT2D eigenvalue weighted by Gasteiger charge is -2.38. The van der Waals surface area contributed by atoms with E-state index in [2.05, 4.69) is 10.6 Å². The van der Waals surface area contributed by atoms with E-state index in [9.17, 15) is 4.79 Å². The van der Waals surface area contributed by atoms with Gasteiger partial charge in [0.2, 0.25) is 5.91 Å². The van der Waals surface area contributed by atoms with E-state index in [0.717, 1.165) is 6.42 Å². The van der Waals surface area contributed by atoms with Crippen molar-refractivity contribution in [3.63, 3.8) is 0 Å². The lowest BCUT2D eigenvalue weighted by molar-refractivity contribution is -0.129. The molecule has 2 atom stereocenters. The third kappa shape index (κ3) is 1.12. The van der Waals surface area contributed by atoms with E-state index in [4.69, 9.17) is 0 Å². The minimum atomic E-state index is -0.370. The fourth-order valence-corrected chi connectivity index (χ4v) is 2.18. The summed E-state index contributed by atoms with van der Waals surface area (Å²) in [5, 5.41) is 6.46. The summed E-state index contributed by atoms with van der Waals surface area (Å²) in [6, 6.07) is 0.906. The molecule has 1 saturated heterocycles. The van der Waals surface area contributed by atoms with E-state index in [-0.39, 0.29) is 14.3 Å². The number of hydrogen-bond donors (Lipinski definition) is 2. The summed E-state index contributed by atoms with van der Waals surface area (Å²) in [6.07, 6.45) is 3.58. The molecular weight excluding hydrogens is 152 g/mol. The monoisotopic (exact) mass is 172 g/mol. The van der Waals surface area contributed by atoms with Gasteiger partial charge in [-0.3, -0.25) is 10.1 Å². The smallest absolute Gasteiger partial charge is 0.240 e. The standard InChI is InChI=1S/C9H16N2O.2H2/c1-9(2)8(12)10-6-4-3-5-7(6)11-9;;/h6-7,11H,3-5H2,1-2H3,(H,10,12);2*1H/t6-,7-;;/m0../s1. The maximum Gasteiger partial charge on any atom is 0.240 e. The number of amides is 1. The van der Waals surface area contributed by atoms with Crippen molar-refractivity contribution in [2.45, 2.75) is 50.7 Å². The molecule has 1 saturated carbocycles. The van der Waals surface area contributed by atoms with Crippen molar-refractivity contribution in [1.29, 1.82) is 0 Å². The van der Waals surface area contributed by atoms with Crippen molar-refractivity contribution in [3.8, 4) is 0 Å². The Hall–Kier alpha value is -0.570. The fraction of sp³-hybridized carbons (Fsp3) is 0.889. The largest absolute Gasteiger partial charge is 0.350 e. The van der Waals surface area contributed by atoms with Crippen molar-refractivity contribution >= 4 is 5.91 Å². The Morgan fingerprint density at radius 3 is 2.83 bits per heavy atom. The van der Waals surface area contributed by atoms with Crippen LogP contribution in [-0.2, 0) is 4.79 Å². The second-order valence-electron chi connectivity index (χ2n) is 4.39. The van der Waals surface area contributed by atoms with Gasteiger partial charge in [-0.15, -0.1) is 0 Å². The Bertz CT molecular complexity index is 221. The van der Waals surface area contributed by atoms with Gasteiger partial charge in [0.05, 0.1) is 5.54 Å². The third-order valence-electron chi connectivity index (χ3n) is 2.95. The first kappa shape index (κ1) is 8.05. The van der Waals surface area contributed by atoms with Crippen molar-refractivity contribution in [3.05, 3.63) is 0 Å². The van der Waals surface area contributed by atoms with Crippen LogP contribution in [0.15, 0.2) is 0 Å². The Morgan fingerprint density at radius 2 is 2.08 bits per heavy atom. The Kier molecular flexibility index (Phi) is 1.65. The van der Waals surface area contributed by atoms with Gasteiger partial charge >= 0.3 is 0 Å². The third-order valence-corrected chi connectivity index (χ3v) is 2.95. The zero-order valence-corrected chi connectivity index (χ0v) is 7.68. The topological polar surface area (TPSA) is 41.1 Å². The molecule has 2 fully saturated rings. The minimum absolute atomic E-state index is 0. The van der Waals surface area contributed by atoms with Gasteiger partial charge in [0.15, 0.2) is 0 Å². The predicted molar refractivity (Wildman–Crippen MR) is 51.0 cm³/mol. The van der Waals surface area contributed by atoms with Crippen LogP contribution in [0.5, 0.6) is 0 Å². The number of rotatable bonds is 0. The van der Waals surface area contributed by atoms with Crippen LogP contribution in [0.3, 0.4) is 0 Å². The number of carbonyl (C=O) groups excluding carboxylic acids is 1. The first-order chi connectivity index (χ1) is 5.59. The first-order valence-electron chi connectivity index (χ1n) is 4.68. The summed E-state index contributed by atoms with van der Waals surface area (Å²) in [7, 11) is 0. The molecule has 2 aliphatic rings. The lowest BCUT2D eigenvalue weighted by atomic mass is 9.96. The molecule has 72 valence electrons. The molecule has 0 radical (unpaired) electrons. The minimum Gasteiger partial charge on any atom is -0.350 e. The molecule has 0 aromatic carbocycles. The van der Waals surface area contributed by atoms with E-state index in [1.165, 1.54) is 12.8 Å². The molecule has 0 aromatic heterocycles. The number of fused-ring (bicyclic) bond motifs is 1. The van der Waals surface area contributed by atoms with Gasteiger partial charge in [-0.05, 0) is 33.1 Å². The zero-order chi connectivity index (χ0) is 8.77. The van der Waals surface area contributed by atoms with Crippen LogP contribution in [0.2, 0.25) is 0 Å². The second kappa shape index (κ2) is 2.46. The molecule has 3 nitrogen and oxygen atoms in total. The van der Waals surface area contributed by atoms with Gasteiger partial charge in [0.25, 0.3) is 0 Å². The predicted octanol–water partition coefficient (Wildman–Crippen LogP) is 0.897. The summed E-state index contributed by atoms with van der Waals surface area (Å²) >= 11 is 0. The molecule has 1 aliphatic heterocycles. The first-order valence-corrected chi connectivity index (χ1v) is 4.68. The SMILES string of the molecule is CC1(C)N[C@H]2CCC[C@@H]2NC1=O.[HH].[HH]. The van der Waals surface area contributed by atoms with E-state index in [0.29, 0.717) is 12.1 Å². The molecule has 0 spiro atoms. The molecule has 1 amide bonds. The molecular formula is C9H20N2O. The van der Waals surface area contributed by atoms with Gasteiger partial charge in [-0.25, -0.2) is 0 Å². The number of piperazine rings is 1. The van der Waals surface area contributed by atoms with Crippen LogP contribution in [0.25, 0.3) is 0 Å². The normalized spacial score (nSPS) is 39.0. The summed E-state index contributed by atoms with van der Waals surface area (Å²) in [5.41, 5.74) is -0.370. The average molecular weight is 172 g/mol. The van der Waals surface area contributed by atoms with Crippen LogP contribution in [0, 0.1) is 0 Å². The summed E-state index contributed by atoms with van der Waals surface area (Å²) in [4.78, 5) is 11.5. The van der Waals surface area contributed by atoms with Gasteiger partial charge in [-0.2, -0.15) is 0 Å². The van der Waals surface area contributed by atoms with E-state index in [1.807, 2.05) is 13.8 Å². The van der Waals surface area contributed by atoms with Gasteiger partial charge in [0, 0.05) is 14.9 Å².